The fourth-order valence-corrected chi connectivity index (χ4v) is 3.12. The Kier molecular flexibility index (Phi) is 7.28. The predicted octanol–water partition coefficient (Wildman–Crippen LogP) is 3.01. The first-order valence-corrected chi connectivity index (χ1v) is 10.5. The second-order valence-electron chi connectivity index (χ2n) is 7.86. The van der Waals surface area contributed by atoms with Crippen LogP contribution < -0.4 is 19.7 Å². The van der Waals surface area contributed by atoms with Gasteiger partial charge in [-0.2, -0.15) is 0 Å². The van der Waals surface area contributed by atoms with E-state index in [4.69, 9.17) is 9.47 Å². The van der Waals surface area contributed by atoms with Gasteiger partial charge in [0.25, 0.3) is 5.91 Å². The molecule has 1 aliphatic rings. The van der Waals surface area contributed by atoms with E-state index in [0.29, 0.717) is 35.2 Å². The van der Waals surface area contributed by atoms with Crippen LogP contribution >= 0.6 is 0 Å². The van der Waals surface area contributed by atoms with Crippen LogP contribution in [0.4, 0.5) is 5.69 Å². The van der Waals surface area contributed by atoms with Gasteiger partial charge in [-0.25, -0.2) is 0 Å². The number of benzene rings is 2. The molecule has 0 radical (unpaired) electrons. The van der Waals surface area contributed by atoms with Gasteiger partial charge in [0, 0.05) is 12.1 Å². The largest absolute Gasteiger partial charge is 0.485 e. The van der Waals surface area contributed by atoms with E-state index in [9.17, 15) is 14.4 Å². The van der Waals surface area contributed by atoms with E-state index in [2.05, 4.69) is 12.2 Å². The van der Waals surface area contributed by atoms with Gasteiger partial charge in [0.15, 0.2) is 19.0 Å². The SMILES string of the molecule is CCc1ccc(OCC(=O)c2ccc3c(c2)N(CC(=O)NCC(C)C)C(=O)CO3)cc1. The van der Waals surface area contributed by atoms with Crippen LogP contribution in [-0.4, -0.2) is 43.9 Å². The lowest BCUT2D eigenvalue weighted by atomic mass is 10.1. The fourth-order valence-electron chi connectivity index (χ4n) is 3.12. The first kappa shape index (κ1) is 22.3. The molecule has 2 aromatic rings. The van der Waals surface area contributed by atoms with E-state index in [1.165, 1.54) is 10.5 Å². The highest BCUT2D eigenvalue weighted by atomic mass is 16.5. The van der Waals surface area contributed by atoms with Crippen LogP contribution in [0.15, 0.2) is 42.5 Å². The van der Waals surface area contributed by atoms with E-state index < -0.39 is 0 Å². The highest BCUT2D eigenvalue weighted by molar-refractivity contribution is 6.04. The summed E-state index contributed by atoms with van der Waals surface area (Å²) in [5.41, 5.74) is 1.99. The lowest BCUT2D eigenvalue weighted by Gasteiger charge is -2.29. The highest BCUT2D eigenvalue weighted by Crippen LogP contribution is 2.33. The third-order valence-electron chi connectivity index (χ3n) is 4.93. The predicted molar refractivity (Wildman–Crippen MR) is 118 cm³/mol. The molecule has 0 aromatic heterocycles. The molecule has 0 spiro atoms. The Bertz CT molecular complexity index is 953. The van der Waals surface area contributed by atoms with E-state index in [0.717, 1.165) is 6.42 Å². The van der Waals surface area contributed by atoms with Crippen molar-refractivity contribution in [3.63, 3.8) is 0 Å². The van der Waals surface area contributed by atoms with Gasteiger partial charge in [0.2, 0.25) is 5.91 Å². The van der Waals surface area contributed by atoms with Crippen LogP contribution in [0, 0.1) is 5.92 Å². The number of hydrogen-bond donors (Lipinski definition) is 1. The van der Waals surface area contributed by atoms with Gasteiger partial charge >= 0.3 is 0 Å². The zero-order valence-corrected chi connectivity index (χ0v) is 18.1. The summed E-state index contributed by atoms with van der Waals surface area (Å²) in [5, 5.41) is 2.80. The third kappa shape index (κ3) is 5.84. The molecule has 0 aliphatic carbocycles. The number of nitrogens with one attached hydrogen (secondary N) is 1. The number of ether oxygens (including phenoxy) is 2. The number of aryl methyl sites for hydroxylation is 1. The smallest absolute Gasteiger partial charge is 0.265 e. The van der Waals surface area contributed by atoms with Crippen LogP contribution in [0.1, 0.15) is 36.7 Å². The van der Waals surface area contributed by atoms with Gasteiger partial charge in [-0.05, 0) is 48.2 Å². The summed E-state index contributed by atoms with van der Waals surface area (Å²) in [5.74, 6) is 0.563. The average molecular weight is 424 g/mol. The minimum Gasteiger partial charge on any atom is -0.485 e. The lowest BCUT2D eigenvalue weighted by molar-refractivity contribution is -0.125. The minimum absolute atomic E-state index is 0.125. The number of amides is 2. The molecule has 1 heterocycles. The normalized spacial score (nSPS) is 12.9. The Hall–Kier alpha value is -3.35. The maximum absolute atomic E-state index is 12.7. The highest BCUT2D eigenvalue weighted by Gasteiger charge is 2.28. The monoisotopic (exact) mass is 424 g/mol. The molecule has 2 aromatic carbocycles. The molecule has 0 unspecified atom stereocenters. The molecule has 1 aliphatic heterocycles. The van der Waals surface area contributed by atoms with Crippen LogP contribution in [0.2, 0.25) is 0 Å². The van der Waals surface area contributed by atoms with Gasteiger partial charge < -0.3 is 14.8 Å². The summed E-state index contributed by atoms with van der Waals surface area (Å²) in [6.45, 7) is 6.18. The Morgan fingerprint density at radius 2 is 1.90 bits per heavy atom. The first-order valence-electron chi connectivity index (χ1n) is 10.5. The van der Waals surface area contributed by atoms with Crippen LogP contribution in [0.3, 0.4) is 0 Å². The van der Waals surface area contributed by atoms with Gasteiger partial charge in [-0.15, -0.1) is 0 Å². The van der Waals surface area contributed by atoms with Crippen molar-refractivity contribution in [2.45, 2.75) is 27.2 Å². The second kappa shape index (κ2) is 10.1. The zero-order valence-electron chi connectivity index (χ0n) is 18.1. The van der Waals surface area contributed by atoms with E-state index in [1.54, 1.807) is 18.2 Å². The van der Waals surface area contributed by atoms with Crippen molar-refractivity contribution in [1.82, 2.24) is 5.32 Å². The molecule has 7 heteroatoms. The number of fused-ring (bicyclic) bond motifs is 1. The number of nitrogens with zero attached hydrogens (tertiary/aromatic N) is 1. The molecule has 0 fully saturated rings. The standard InChI is InChI=1S/C24H28N2O5/c1-4-17-5-8-19(9-6-17)30-14-21(27)18-7-10-22-20(11-18)26(24(29)15-31-22)13-23(28)25-12-16(2)3/h5-11,16H,4,12-15H2,1-3H3,(H,25,28). The average Bonchev–Trinajstić information content (AvgIpc) is 2.78. The summed E-state index contributed by atoms with van der Waals surface area (Å²) in [4.78, 5) is 38.7. The van der Waals surface area contributed by atoms with Gasteiger partial charge in [0.05, 0.1) is 5.69 Å². The molecular formula is C24H28N2O5. The van der Waals surface area contributed by atoms with E-state index in [1.807, 2.05) is 38.1 Å². The zero-order chi connectivity index (χ0) is 22.4. The molecule has 0 saturated carbocycles. The number of anilines is 1. The maximum Gasteiger partial charge on any atom is 0.265 e. The molecule has 0 bridgehead atoms. The number of rotatable bonds is 9. The van der Waals surface area contributed by atoms with Crippen molar-refractivity contribution >= 4 is 23.3 Å². The molecule has 1 N–H and O–H groups in total. The topological polar surface area (TPSA) is 84.9 Å². The lowest BCUT2D eigenvalue weighted by Crippen LogP contribution is -2.45. The summed E-state index contributed by atoms with van der Waals surface area (Å²) in [6.07, 6.45) is 0.932. The number of carbonyl (C=O) groups is 3. The van der Waals surface area contributed by atoms with Crippen molar-refractivity contribution in [3.05, 3.63) is 53.6 Å². The van der Waals surface area contributed by atoms with Gasteiger partial charge in [0.1, 0.15) is 18.0 Å². The van der Waals surface area contributed by atoms with Crippen LogP contribution in [0.5, 0.6) is 11.5 Å². The molecule has 31 heavy (non-hydrogen) atoms. The van der Waals surface area contributed by atoms with Crippen molar-refractivity contribution in [2.75, 3.05) is 31.2 Å². The van der Waals surface area contributed by atoms with E-state index >= 15 is 0 Å². The molecule has 2 amide bonds. The quantitative estimate of drug-likeness (QED) is 0.626. The van der Waals surface area contributed by atoms with Crippen LogP contribution in [0.25, 0.3) is 0 Å². The Morgan fingerprint density at radius 1 is 1.16 bits per heavy atom. The number of Topliss-reactive ketones (excluding diaryl/α,β-unsaturated/α-hetero) is 1. The molecule has 7 nitrogen and oxygen atoms in total. The van der Waals surface area contributed by atoms with Gasteiger partial charge in [-0.1, -0.05) is 32.9 Å². The molecular weight excluding hydrogens is 396 g/mol. The van der Waals surface area contributed by atoms with Crippen molar-refractivity contribution < 1.29 is 23.9 Å². The van der Waals surface area contributed by atoms with Crippen molar-refractivity contribution in [3.8, 4) is 11.5 Å². The Morgan fingerprint density at radius 3 is 2.58 bits per heavy atom. The Labute approximate surface area is 182 Å². The number of hydrogen-bond acceptors (Lipinski definition) is 5. The third-order valence-corrected chi connectivity index (χ3v) is 4.93. The summed E-state index contributed by atoms with van der Waals surface area (Å²) in [7, 11) is 0. The minimum atomic E-state index is -0.330. The first-order chi connectivity index (χ1) is 14.9. The van der Waals surface area contributed by atoms with Gasteiger partial charge in [-0.3, -0.25) is 19.3 Å². The summed E-state index contributed by atoms with van der Waals surface area (Å²) >= 11 is 0. The van der Waals surface area contributed by atoms with Crippen molar-refractivity contribution in [2.24, 2.45) is 5.92 Å². The van der Waals surface area contributed by atoms with Crippen molar-refractivity contribution in [1.29, 1.82) is 0 Å². The number of carbonyl (C=O) groups excluding carboxylic acids is 3. The molecule has 0 saturated heterocycles. The number of ketones is 1. The molecule has 164 valence electrons. The summed E-state index contributed by atoms with van der Waals surface area (Å²) in [6, 6.07) is 12.5. The molecule has 0 atom stereocenters. The Balaban J connectivity index is 1.70. The summed E-state index contributed by atoms with van der Waals surface area (Å²) < 4.78 is 11.1. The molecule has 3 rings (SSSR count). The second-order valence-corrected chi connectivity index (χ2v) is 7.86. The van der Waals surface area contributed by atoms with Crippen LogP contribution in [-0.2, 0) is 16.0 Å². The van der Waals surface area contributed by atoms with E-state index in [-0.39, 0.29) is 37.4 Å². The maximum atomic E-state index is 12.7. The fraction of sp³-hybridized carbons (Fsp3) is 0.375.